The molecule has 1 amide bonds. The van der Waals surface area contributed by atoms with E-state index in [-0.39, 0.29) is 0 Å². The molecular formula is C10H16N2O3S2. The van der Waals surface area contributed by atoms with Gasteiger partial charge in [-0.2, -0.15) is 0 Å². The number of rotatable bonds is 5. The van der Waals surface area contributed by atoms with Crippen molar-refractivity contribution in [3.05, 3.63) is 24.4 Å². The fourth-order valence-corrected chi connectivity index (χ4v) is 2.55. The molecule has 1 heterocycles. The van der Waals surface area contributed by atoms with Crippen LogP contribution in [0.4, 0.5) is 4.79 Å². The zero-order valence-corrected chi connectivity index (χ0v) is 11.4. The molecule has 0 spiro atoms. The van der Waals surface area contributed by atoms with Gasteiger partial charge in [-0.1, -0.05) is 16.9 Å². The summed E-state index contributed by atoms with van der Waals surface area (Å²) in [5, 5.41) is 10.6. The molecule has 1 aromatic rings. The number of pyridine rings is 1. The fourth-order valence-electron chi connectivity index (χ4n) is 0.765. The van der Waals surface area contributed by atoms with Gasteiger partial charge in [-0.05, 0) is 22.9 Å². The Balaban J connectivity index is 0.00000121. The fraction of sp³-hybridized carbons (Fsp3) is 0.400. The first-order chi connectivity index (χ1) is 8.33. The highest BCUT2D eigenvalue weighted by Crippen LogP contribution is 2.28. The van der Waals surface area contributed by atoms with Gasteiger partial charge in [0.15, 0.2) is 0 Å². The molecule has 0 bridgehead atoms. The van der Waals surface area contributed by atoms with Gasteiger partial charge >= 0.3 is 6.09 Å². The van der Waals surface area contributed by atoms with E-state index in [2.05, 4.69) is 15.0 Å². The third-order valence-corrected chi connectivity index (χ3v) is 3.69. The summed E-state index contributed by atoms with van der Waals surface area (Å²) >= 11 is 0. The number of aliphatic hydroxyl groups excluding tert-OH is 1. The number of aliphatic hydroxyl groups is 1. The lowest BCUT2D eigenvalue weighted by Gasteiger charge is -2.02. The van der Waals surface area contributed by atoms with E-state index in [9.17, 15) is 4.79 Å². The molecule has 0 fully saturated rings. The van der Waals surface area contributed by atoms with Crippen molar-refractivity contribution >= 4 is 27.7 Å². The van der Waals surface area contributed by atoms with Crippen LogP contribution < -0.4 is 5.32 Å². The van der Waals surface area contributed by atoms with Crippen molar-refractivity contribution in [3.63, 3.8) is 0 Å². The zero-order chi connectivity index (χ0) is 12.9. The van der Waals surface area contributed by atoms with Crippen LogP contribution in [0, 0.1) is 0 Å². The van der Waals surface area contributed by atoms with Crippen LogP contribution in [0.5, 0.6) is 0 Å². The number of ether oxygens (including phenoxy) is 1. The standard InChI is InChI=1S/C9H12N2O2S2.CH4O/c1-13-9(12)11-6-7-14-15-8-4-2-3-5-10-8;1-2/h2-5H,6-7H2,1H3,(H,11,12);2H,1H3. The number of nitrogens with zero attached hydrogens (tertiary/aromatic N) is 1. The molecule has 0 saturated carbocycles. The molecule has 0 aromatic carbocycles. The third kappa shape index (κ3) is 8.84. The van der Waals surface area contributed by atoms with Crippen LogP contribution >= 0.6 is 21.6 Å². The number of carbonyl (C=O) groups is 1. The van der Waals surface area contributed by atoms with Crippen molar-refractivity contribution in [1.82, 2.24) is 10.3 Å². The maximum absolute atomic E-state index is 10.7. The lowest BCUT2D eigenvalue weighted by Crippen LogP contribution is -2.25. The van der Waals surface area contributed by atoms with Crippen LogP contribution in [-0.2, 0) is 4.74 Å². The molecular weight excluding hydrogens is 260 g/mol. The first kappa shape index (κ1) is 16.1. The Bertz CT molecular complexity index is 299. The molecule has 17 heavy (non-hydrogen) atoms. The number of aromatic nitrogens is 1. The molecule has 0 aliphatic carbocycles. The van der Waals surface area contributed by atoms with Gasteiger partial charge < -0.3 is 15.2 Å². The molecule has 0 aliphatic rings. The first-order valence-electron chi connectivity index (χ1n) is 4.80. The second-order valence-electron chi connectivity index (χ2n) is 2.49. The molecule has 0 unspecified atom stereocenters. The third-order valence-electron chi connectivity index (χ3n) is 1.42. The molecule has 1 aromatic heterocycles. The molecule has 7 heteroatoms. The second-order valence-corrected chi connectivity index (χ2v) is 4.93. The van der Waals surface area contributed by atoms with Crippen LogP contribution in [0.2, 0.25) is 0 Å². The van der Waals surface area contributed by atoms with E-state index >= 15 is 0 Å². The molecule has 96 valence electrons. The minimum atomic E-state index is -0.390. The average molecular weight is 276 g/mol. The number of amides is 1. The summed E-state index contributed by atoms with van der Waals surface area (Å²) in [5.74, 6) is 0.816. The van der Waals surface area contributed by atoms with Crippen molar-refractivity contribution in [2.45, 2.75) is 5.03 Å². The summed E-state index contributed by atoms with van der Waals surface area (Å²) in [6.45, 7) is 0.594. The Morgan fingerprint density at radius 3 is 2.88 bits per heavy atom. The Morgan fingerprint density at radius 1 is 1.53 bits per heavy atom. The van der Waals surface area contributed by atoms with Crippen molar-refractivity contribution < 1.29 is 14.6 Å². The predicted molar refractivity (Wildman–Crippen MR) is 71.1 cm³/mol. The highest BCUT2D eigenvalue weighted by molar-refractivity contribution is 8.76. The van der Waals surface area contributed by atoms with Crippen LogP contribution in [0.25, 0.3) is 0 Å². The molecule has 0 saturated heterocycles. The predicted octanol–water partition coefficient (Wildman–Crippen LogP) is 1.79. The summed E-state index contributed by atoms with van der Waals surface area (Å²) in [6.07, 6.45) is 1.37. The van der Waals surface area contributed by atoms with Gasteiger partial charge in [0.2, 0.25) is 0 Å². The number of nitrogens with one attached hydrogen (secondary N) is 1. The van der Waals surface area contributed by atoms with Crippen LogP contribution in [-0.4, -0.2) is 42.7 Å². The SMILES string of the molecule is CO.COC(=O)NCCSSc1ccccn1. The topological polar surface area (TPSA) is 71.5 Å². The summed E-state index contributed by atoms with van der Waals surface area (Å²) in [4.78, 5) is 14.8. The minimum Gasteiger partial charge on any atom is -0.453 e. The summed E-state index contributed by atoms with van der Waals surface area (Å²) in [5.41, 5.74) is 0. The molecule has 0 radical (unpaired) electrons. The van der Waals surface area contributed by atoms with Gasteiger partial charge in [-0.15, -0.1) is 0 Å². The van der Waals surface area contributed by atoms with Crippen LogP contribution in [0.15, 0.2) is 29.4 Å². The number of hydrogen-bond donors (Lipinski definition) is 2. The van der Waals surface area contributed by atoms with Crippen molar-refractivity contribution in [3.8, 4) is 0 Å². The smallest absolute Gasteiger partial charge is 0.406 e. The second kappa shape index (κ2) is 11.6. The van der Waals surface area contributed by atoms with Crippen LogP contribution in [0.3, 0.4) is 0 Å². The van der Waals surface area contributed by atoms with Crippen molar-refractivity contribution in [2.24, 2.45) is 0 Å². The number of methoxy groups -OCH3 is 1. The maximum atomic E-state index is 10.7. The normalized spacial score (nSPS) is 8.88. The van der Waals surface area contributed by atoms with Gasteiger partial charge in [0.25, 0.3) is 0 Å². The van der Waals surface area contributed by atoms with Gasteiger partial charge in [0, 0.05) is 25.6 Å². The van der Waals surface area contributed by atoms with E-state index in [0.717, 1.165) is 17.9 Å². The summed E-state index contributed by atoms with van der Waals surface area (Å²) < 4.78 is 4.44. The molecule has 1 rings (SSSR count). The van der Waals surface area contributed by atoms with E-state index < -0.39 is 6.09 Å². The van der Waals surface area contributed by atoms with E-state index in [0.29, 0.717) is 6.54 Å². The lowest BCUT2D eigenvalue weighted by atomic mass is 10.5. The summed E-state index contributed by atoms with van der Waals surface area (Å²) in [6, 6.07) is 5.78. The molecule has 2 N–H and O–H groups in total. The van der Waals surface area contributed by atoms with Crippen LogP contribution in [0.1, 0.15) is 0 Å². The van der Waals surface area contributed by atoms with Crippen molar-refractivity contribution in [2.75, 3.05) is 26.5 Å². The largest absolute Gasteiger partial charge is 0.453 e. The Morgan fingerprint density at radius 2 is 2.29 bits per heavy atom. The Hall–Kier alpha value is -0.920. The van der Waals surface area contributed by atoms with Gasteiger partial charge in [-0.3, -0.25) is 0 Å². The van der Waals surface area contributed by atoms with Gasteiger partial charge in [-0.25, -0.2) is 9.78 Å². The number of alkyl carbamates (subject to hydrolysis) is 1. The molecule has 5 nitrogen and oxygen atoms in total. The van der Waals surface area contributed by atoms with E-state index in [1.807, 2.05) is 18.2 Å². The zero-order valence-electron chi connectivity index (χ0n) is 9.75. The Labute approximate surface area is 109 Å². The van der Waals surface area contributed by atoms with Crippen molar-refractivity contribution in [1.29, 1.82) is 0 Å². The monoisotopic (exact) mass is 276 g/mol. The average Bonchev–Trinajstić information content (AvgIpc) is 2.41. The maximum Gasteiger partial charge on any atom is 0.406 e. The lowest BCUT2D eigenvalue weighted by molar-refractivity contribution is 0.172. The Kier molecular flexibility index (Phi) is 10.9. The van der Waals surface area contributed by atoms with Gasteiger partial charge in [0.05, 0.1) is 7.11 Å². The van der Waals surface area contributed by atoms with E-state index in [4.69, 9.17) is 5.11 Å². The highest BCUT2D eigenvalue weighted by Gasteiger charge is 1.98. The minimum absolute atomic E-state index is 0.390. The highest BCUT2D eigenvalue weighted by atomic mass is 33.1. The first-order valence-corrected chi connectivity index (χ1v) is 7.12. The van der Waals surface area contributed by atoms with E-state index in [1.54, 1.807) is 27.8 Å². The number of hydrogen-bond acceptors (Lipinski definition) is 6. The summed E-state index contributed by atoms with van der Waals surface area (Å²) in [7, 11) is 5.59. The number of carbonyl (C=O) groups excluding carboxylic acids is 1. The van der Waals surface area contributed by atoms with E-state index in [1.165, 1.54) is 7.11 Å². The quantitative estimate of drug-likeness (QED) is 0.631. The van der Waals surface area contributed by atoms with Gasteiger partial charge in [0.1, 0.15) is 5.03 Å². The molecule has 0 aliphatic heterocycles. The molecule has 0 atom stereocenters.